The summed E-state index contributed by atoms with van der Waals surface area (Å²) in [4.78, 5) is 23.6. The van der Waals surface area contributed by atoms with Crippen molar-refractivity contribution in [2.24, 2.45) is 7.05 Å². The van der Waals surface area contributed by atoms with E-state index in [-0.39, 0.29) is 24.0 Å². The van der Waals surface area contributed by atoms with Crippen molar-refractivity contribution in [3.63, 3.8) is 0 Å². The molecule has 0 spiro atoms. The average Bonchev–Trinajstić information content (AvgIpc) is 2.83. The van der Waals surface area contributed by atoms with E-state index in [0.29, 0.717) is 13.0 Å². The molecule has 0 aromatic carbocycles. The number of aliphatic hydroxyl groups is 1. The second kappa shape index (κ2) is 4.17. The third kappa shape index (κ3) is 2.01. The van der Waals surface area contributed by atoms with Gasteiger partial charge in [-0.2, -0.15) is 0 Å². The molecule has 92 valence electrons. The Hall–Kier alpha value is -1.89. The van der Waals surface area contributed by atoms with Gasteiger partial charge in [-0.25, -0.2) is 4.57 Å². The van der Waals surface area contributed by atoms with E-state index in [1.165, 1.54) is 28.6 Å². The standard InChI is InChI=1S/C10H13N3O4/c1-11-8(2-3-9(11)13(16)17)10(15)12-5-4-7(14)6-12/h2-3,7,14H,4-6H2,1H3/t7-/m0/s1. The second-order valence-corrected chi connectivity index (χ2v) is 4.09. The molecule has 1 aliphatic heterocycles. The van der Waals surface area contributed by atoms with Gasteiger partial charge < -0.3 is 20.1 Å². The SMILES string of the molecule is Cn1c(C(=O)N2CC[C@H](O)C2)ccc1[N+](=O)[O-]. The number of β-amino-alcohol motifs (C(OH)–C–C–N with tert-alkyl or cyclic N) is 1. The third-order valence-corrected chi connectivity index (χ3v) is 2.95. The summed E-state index contributed by atoms with van der Waals surface area (Å²) in [6, 6.07) is 2.74. The molecule has 0 bridgehead atoms. The van der Waals surface area contributed by atoms with E-state index in [2.05, 4.69) is 0 Å². The van der Waals surface area contributed by atoms with E-state index in [9.17, 15) is 20.0 Å². The van der Waals surface area contributed by atoms with Crippen LogP contribution in [0.15, 0.2) is 12.1 Å². The Morgan fingerprint density at radius 1 is 1.59 bits per heavy atom. The lowest BCUT2D eigenvalue weighted by molar-refractivity contribution is -0.391. The van der Waals surface area contributed by atoms with Crippen LogP contribution in [0.4, 0.5) is 5.82 Å². The van der Waals surface area contributed by atoms with Crippen molar-refractivity contribution < 1.29 is 14.8 Å². The van der Waals surface area contributed by atoms with Crippen LogP contribution in [0.25, 0.3) is 0 Å². The summed E-state index contributed by atoms with van der Waals surface area (Å²) >= 11 is 0. The van der Waals surface area contributed by atoms with Crippen molar-refractivity contribution in [3.05, 3.63) is 27.9 Å². The van der Waals surface area contributed by atoms with Gasteiger partial charge in [-0.05, 0) is 17.4 Å². The number of aromatic nitrogens is 1. The van der Waals surface area contributed by atoms with Crippen LogP contribution in [0.5, 0.6) is 0 Å². The lowest BCUT2D eigenvalue weighted by Crippen LogP contribution is -2.30. The first kappa shape index (κ1) is 11.6. The second-order valence-electron chi connectivity index (χ2n) is 4.09. The van der Waals surface area contributed by atoms with Crippen molar-refractivity contribution in [2.75, 3.05) is 13.1 Å². The van der Waals surface area contributed by atoms with Crippen LogP contribution in [0.2, 0.25) is 0 Å². The van der Waals surface area contributed by atoms with Crippen LogP contribution in [0.1, 0.15) is 16.9 Å². The molecule has 1 amide bonds. The predicted molar refractivity (Wildman–Crippen MR) is 58.6 cm³/mol. The lowest BCUT2D eigenvalue weighted by Gasteiger charge is -2.13. The van der Waals surface area contributed by atoms with Crippen LogP contribution in [-0.4, -0.2) is 44.6 Å². The van der Waals surface area contributed by atoms with Gasteiger partial charge in [0.05, 0.1) is 13.2 Å². The molecule has 0 aliphatic carbocycles. The molecule has 17 heavy (non-hydrogen) atoms. The maximum atomic E-state index is 12.0. The highest BCUT2D eigenvalue weighted by Crippen LogP contribution is 2.19. The van der Waals surface area contributed by atoms with Crippen LogP contribution < -0.4 is 0 Å². The molecule has 0 radical (unpaired) electrons. The fraction of sp³-hybridized carbons (Fsp3) is 0.500. The van der Waals surface area contributed by atoms with E-state index in [1.54, 1.807) is 0 Å². The van der Waals surface area contributed by atoms with Gasteiger partial charge in [0.15, 0.2) is 5.69 Å². The Morgan fingerprint density at radius 3 is 2.76 bits per heavy atom. The van der Waals surface area contributed by atoms with Gasteiger partial charge in [-0.3, -0.25) is 4.79 Å². The van der Waals surface area contributed by atoms with Crippen LogP contribution in [0.3, 0.4) is 0 Å². The zero-order valence-corrected chi connectivity index (χ0v) is 9.37. The number of hydrogen-bond donors (Lipinski definition) is 1. The molecule has 1 aromatic rings. The zero-order chi connectivity index (χ0) is 12.6. The quantitative estimate of drug-likeness (QED) is 0.587. The van der Waals surface area contributed by atoms with Crippen molar-refractivity contribution >= 4 is 11.7 Å². The third-order valence-electron chi connectivity index (χ3n) is 2.95. The molecule has 1 aliphatic rings. The maximum absolute atomic E-state index is 12.0. The zero-order valence-electron chi connectivity index (χ0n) is 9.37. The summed E-state index contributed by atoms with van der Waals surface area (Å²) in [5, 5.41) is 20.0. The highest BCUT2D eigenvalue weighted by atomic mass is 16.6. The van der Waals surface area contributed by atoms with E-state index in [4.69, 9.17) is 0 Å². The first-order valence-electron chi connectivity index (χ1n) is 5.28. The number of aliphatic hydroxyl groups excluding tert-OH is 1. The van der Waals surface area contributed by atoms with Crippen molar-refractivity contribution in [1.82, 2.24) is 9.47 Å². The lowest BCUT2D eigenvalue weighted by atomic mass is 10.3. The fourth-order valence-corrected chi connectivity index (χ4v) is 1.99. The molecule has 1 atom stereocenters. The van der Waals surface area contributed by atoms with E-state index in [1.807, 2.05) is 0 Å². The number of nitro groups is 1. The Kier molecular flexibility index (Phi) is 2.84. The molecule has 2 heterocycles. The summed E-state index contributed by atoms with van der Waals surface area (Å²) in [6.45, 7) is 0.775. The summed E-state index contributed by atoms with van der Waals surface area (Å²) < 4.78 is 1.26. The van der Waals surface area contributed by atoms with Crippen LogP contribution in [0, 0.1) is 10.1 Å². The normalized spacial score (nSPS) is 19.6. The van der Waals surface area contributed by atoms with Gasteiger partial charge in [0.2, 0.25) is 0 Å². The summed E-state index contributed by atoms with van der Waals surface area (Å²) in [7, 11) is 1.48. The smallest absolute Gasteiger partial charge is 0.323 e. The minimum atomic E-state index is -0.532. The molecular formula is C10H13N3O4. The first-order valence-corrected chi connectivity index (χ1v) is 5.28. The molecule has 2 rings (SSSR count). The van der Waals surface area contributed by atoms with E-state index < -0.39 is 11.0 Å². The van der Waals surface area contributed by atoms with Gasteiger partial charge in [0, 0.05) is 19.2 Å². The van der Waals surface area contributed by atoms with Gasteiger partial charge in [0.25, 0.3) is 5.91 Å². The van der Waals surface area contributed by atoms with Gasteiger partial charge in [0.1, 0.15) is 0 Å². The average molecular weight is 239 g/mol. The van der Waals surface area contributed by atoms with Crippen LogP contribution >= 0.6 is 0 Å². The number of hydrogen-bond acceptors (Lipinski definition) is 4. The number of likely N-dealkylation sites (tertiary alicyclic amines) is 1. The summed E-state index contributed by atoms with van der Waals surface area (Å²) in [6.07, 6.45) is 0.0623. The number of carbonyl (C=O) groups excluding carboxylic acids is 1. The Labute approximate surface area is 97.4 Å². The number of amides is 1. The predicted octanol–water partition coefficient (Wildman–Crippen LogP) is 0.140. The minimum Gasteiger partial charge on any atom is -0.391 e. The minimum absolute atomic E-state index is 0.118. The molecule has 1 fully saturated rings. The fourth-order valence-electron chi connectivity index (χ4n) is 1.99. The summed E-state index contributed by atoms with van der Waals surface area (Å²) in [5.41, 5.74) is 0.269. The highest BCUT2D eigenvalue weighted by molar-refractivity contribution is 5.93. The molecule has 7 heteroatoms. The number of carbonyl (C=O) groups is 1. The Morgan fingerprint density at radius 2 is 2.29 bits per heavy atom. The number of rotatable bonds is 2. The maximum Gasteiger partial charge on any atom is 0.323 e. The van der Waals surface area contributed by atoms with Crippen LogP contribution in [-0.2, 0) is 7.05 Å². The summed E-state index contributed by atoms with van der Waals surface area (Å²) in [5.74, 6) is -0.398. The topological polar surface area (TPSA) is 88.6 Å². The Bertz CT molecular complexity index is 468. The first-order chi connectivity index (χ1) is 8.00. The largest absolute Gasteiger partial charge is 0.391 e. The van der Waals surface area contributed by atoms with Gasteiger partial charge in [-0.15, -0.1) is 0 Å². The van der Waals surface area contributed by atoms with E-state index in [0.717, 1.165) is 0 Å². The van der Waals surface area contributed by atoms with Crippen molar-refractivity contribution in [3.8, 4) is 0 Å². The molecule has 1 aromatic heterocycles. The molecule has 7 nitrogen and oxygen atoms in total. The van der Waals surface area contributed by atoms with Crippen molar-refractivity contribution in [2.45, 2.75) is 12.5 Å². The molecule has 0 unspecified atom stereocenters. The van der Waals surface area contributed by atoms with Crippen molar-refractivity contribution in [1.29, 1.82) is 0 Å². The number of nitrogens with zero attached hydrogens (tertiary/aromatic N) is 3. The van der Waals surface area contributed by atoms with Gasteiger partial charge in [-0.1, -0.05) is 0 Å². The van der Waals surface area contributed by atoms with Gasteiger partial charge >= 0.3 is 5.82 Å². The van der Waals surface area contributed by atoms with E-state index >= 15 is 0 Å². The Balaban J connectivity index is 2.23. The monoisotopic (exact) mass is 239 g/mol. The molecule has 1 N–H and O–H groups in total. The molecule has 1 saturated heterocycles. The highest BCUT2D eigenvalue weighted by Gasteiger charge is 2.30. The molecule has 0 saturated carbocycles. The molecular weight excluding hydrogens is 226 g/mol.